The summed E-state index contributed by atoms with van der Waals surface area (Å²) < 4.78 is 11.0. The molecule has 0 fully saturated rings. The third-order valence-corrected chi connectivity index (χ3v) is 2.45. The molecule has 0 saturated carbocycles. The maximum absolute atomic E-state index is 8.94. The van der Waals surface area contributed by atoms with E-state index < -0.39 is 0 Å². The van der Waals surface area contributed by atoms with Crippen LogP contribution >= 0.6 is 0 Å². The number of nitrogens with zero attached hydrogens (tertiary/aromatic N) is 2. The Bertz CT molecular complexity index is 576. The second kappa shape index (κ2) is 6.41. The molecule has 0 spiro atoms. The van der Waals surface area contributed by atoms with Gasteiger partial charge in [0.05, 0.1) is 0 Å². The Hall–Kier alpha value is -2.54. The SMILES string of the molecule is Cc1ccc(C#N)c(OCCOc2ccccc2)n1. The molecule has 0 aliphatic heterocycles. The van der Waals surface area contributed by atoms with Crippen LogP contribution in [0.3, 0.4) is 0 Å². The van der Waals surface area contributed by atoms with E-state index in [0.717, 1.165) is 11.4 Å². The van der Waals surface area contributed by atoms with Crippen LogP contribution in [0.2, 0.25) is 0 Å². The molecule has 0 atom stereocenters. The zero-order valence-electron chi connectivity index (χ0n) is 10.7. The van der Waals surface area contributed by atoms with Crippen molar-refractivity contribution in [3.05, 3.63) is 53.7 Å². The largest absolute Gasteiger partial charge is 0.490 e. The number of para-hydroxylation sites is 1. The Morgan fingerprint density at radius 1 is 1.05 bits per heavy atom. The molecule has 0 radical (unpaired) electrons. The summed E-state index contributed by atoms with van der Waals surface area (Å²) in [5.41, 5.74) is 1.25. The molecule has 2 rings (SSSR count). The fourth-order valence-electron chi connectivity index (χ4n) is 1.54. The lowest BCUT2D eigenvalue weighted by Gasteiger charge is -2.09. The van der Waals surface area contributed by atoms with Gasteiger partial charge in [0.15, 0.2) is 0 Å². The Balaban J connectivity index is 1.86. The molecule has 96 valence electrons. The van der Waals surface area contributed by atoms with Gasteiger partial charge < -0.3 is 9.47 Å². The summed E-state index contributed by atoms with van der Waals surface area (Å²) in [6, 6.07) is 15.0. The summed E-state index contributed by atoms with van der Waals surface area (Å²) in [6.07, 6.45) is 0. The van der Waals surface area contributed by atoms with Crippen LogP contribution in [0.25, 0.3) is 0 Å². The molecule has 1 aromatic heterocycles. The Labute approximate surface area is 112 Å². The molecule has 0 bridgehead atoms. The van der Waals surface area contributed by atoms with Crippen molar-refractivity contribution in [2.24, 2.45) is 0 Å². The normalized spacial score (nSPS) is 9.68. The highest BCUT2D eigenvalue weighted by atomic mass is 16.5. The van der Waals surface area contributed by atoms with Gasteiger partial charge in [0.2, 0.25) is 5.88 Å². The fraction of sp³-hybridized carbons (Fsp3) is 0.200. The smallest absolute Gasteiger partial charge is 0.232 e. The second-order valence-electron chi connectivity index (χ2n) is 3.93. The number of aryl methyl sites for hydroxylation is 1. The Kier molecular flexibility index (Phi) is 4.35. The zero-order chi connectivity index (χ0) is 13.5. The second-order valence-corrected chi connectivity index (χ2v) is 3.93. The number of hydrogen-bond donors (Lipinski definition) is 0. The first-order valence-electron chi connectivity index (χ1n) is 5.98. The molecule has 0 saturated heterocycles. The quantitative estimate of drug-likeness (QED) is 0.770. The first kappa shape index (κ1) is 12.9. The highest BCUT2D eigenvalue weighted by Crippen LogP contribution is 2.15. The summed E-state index contributed by atoms with van der Waals surface area (Å²) in [6.45, 7) is 2.61. The Morgan fingerprint density at radius 3 is 2.53 bits per heavy atom. The van der Waals surface area contributed by atoms with Gasteiger partial charge in [-0.25, -0.2) is 4.98 Å². The topological polar surface area (TPSA) is 55.1 Å². The van der Waals surface area contributed by atoms with Gasteiger partial charge >= 0.3 is 0 Å². The minimum absolute atomic E-state index is 0.347. The number of aromatic nitrogens is 1. The lowest BCUT2D eigenvalue weighted by Crippen LogP contribution is -2.10. The van der Waals surface area contributed by atoms with Gasteiger partial charge in [-0.15, -0.1) is 0 Å². The van der Waals surface area contributed by atoms with E-state index >= 15 is 0 Å². The number of benzene rings is 1. The van der Waals surface area contributed by atoms with Crippen molar-refractivity contribution in [1.29, 1.82) is 5.26 Å². The van der Waals surface area contributed by atoms with Crippen molar-refractivity contribution in [2.75, 3.05) is 13.2 Å². The van der Waals surface area contributed by atoms with Crippen molar-refractivity contribution in [3.63, 3.8) is 0 Å². The van der Waals surface area contributed by atoms with Crippen LogP contribution < -0.4 is 9.47 Å². The third-order valence-electron chi connectivity index (χ3n) is 2.45. The lowest BCUT2D eigenvalue weighted by molar-refractivity contribution is 0.211. The number of ether oxygens (including phenoxy) is 2. The van der Waals surface area contributed by atoms with Gasteiger partial charge in [-0.05, 0) is 31.2 Å². The lowest BCUT2D eigenvalue weighted by atomic mass is 10.2. The molecule has 2 aromatic rings. The number of hydrogen-bond acceptors (Lipinski definition) is 4. The molecular weight excluding hydrogens is 240 g/mol. The van der Waals surface area contributed by atoms with Crippen LogP contribution in [0.4, 0.5) is 0 Å². The number of pyridine rings is 1. The van der Waals surface area contributed by atoms with Crippen LogP contribution in [0, 0.1) is 18.3 Å². The van der Waals surface area contributed by atoms with E-state index in [4.69, 9.17) is 14.7 Å². The summed E-state index contributed by atoms with van der Waals surface area (Å²) >= 11 is 0. The van der Waals surface area contributed by atoms with Crippen LogP contribution in [0.15, 0.2) is 42.5 Å². The zero-order valence-corrected chi connectivity index (χ0v) is 10.7. The molecule has 19 heavy (non-hydrogen) atoms. The van der Waals surface area contributed by atoms with Gasteiger partial charge in [0.25, 0.3) is 0 Å². The molecular formula is C15H14N2O2. The van der Waals surface area contributed by atoms with E-state index in [1.807, 2.05) is 37.3 Å². The van der Waals surface area contributed by atoms with Gasteiger partial charge in [-0.3, -0.25) is 0 Å². The molecule has 1 heterocycles. The molecule has 4 heteroatoms. The predicted molar refractivity (Wildman–Crippen MR) is 71.1 cm³/mol. The van der Waals surface area contributed by atoms with E-state index in [-0.39, 0.29) is 0 Å². The maximum atomic E-state index is 8.94. The molecule has 0 amide bonds. The molecule has 0 aliphatic rings. The van der Waals surface area contributed by atoms with E-state index in [1.54, 1.807) is 12.1 Å². The molecule has 0 unspecified atom stereocenters. The van der Waals surface area contributed by atoms with E-state index in [0.29, 0.717) is 24.7 Å². The van der Waals surface area contributed by atoms with Gasteiger partial charge in [-0.2, -0.15) is 5.26 Å². The van der Waals surface area contributed by atoms with Gasteiger partial charge in [-0.1, -0.05) is 18.2 Å². The molecule has 1 aromatic carbocycles. The van der Waals surface area contributed by atoms with Gasteiger partial charge in [0, 0.05) is 5.69 Å². The van der Waals surface area contributed by atoms with Crippen LogP contribution in [0.5, 0.6) is 11.6 Å². The minimum atomic E-state index is 0.347. The summed E-state index contributed by atoms with van der Waals surface area (Å²) in [5.74, 6) is 1.16. The van der Waals surface area contributed by atoms with Crippen molar-refractivity contribution >= 4 is 0 Å². The molecule has 0 N–H and O–H groups in total. The van der Waals surface area contributed by atoms with Crippen molar-refractivity contribution < 1.29 is 9.47 Å². The Morgan fingerprint density at radius 2 is 1.79 bits per heavy atom. The third kappa shape index (κ3) is 3.71. The first-order valence-corrected chi connectivity index (χ1v) is 5.98. The monoisotopic (exact) mass is 254 g/mol. The van der Waals surface area contributed by atoms with Crippen molar-refractivity contribution in [3.8, 4) is 17.7 Å². The fourth-order valence-corrected chi connectivity index (χ4v) is 1.54. The average molecular weight is 254 g/mol. The van der Waals surface area contributed by atoms with Gasteiger partial charge in [0.1, 0.15) is 30.6 Å². The van der Waals surface area contributed by atoms with E-state index in [2.05, 4.69) is 11.1 Å². The molecule has 4 nitrogen and oxygen atoms in total. The highest BCUT2D eigenvalue weighted by Gasteiger charge is 2.05. The van der Waals surface area contributed by atoms with Crippen LogP contribution in [-0.4, -0.2) is 18.2 Å². The molecule has 0 aliphatic carbocycles. The average Bonchev–Trinajstić information content (AvgIpc) is 2.45. The standard InChI is InChI=1S/C15H14N2O2/c1-12-7-8-13(11-16)15(17-12)19-10-9-18-14-5-3-2-4-6-14/h2-8H,9-10H2,1H3. The van der Waals surface area contributed by atoms with Crippen molar-refractivity contribution in [1.82, 2.24) is 4.98 Å². The number of rotatable bonds is 5. The van der Waals surface area contributed by atoms with Crippen molar-refractivity contribution in [2.45, 2.75) is 6.92 Å². The maximum Gasteiger partial charge on any atom is 0.232 e. The van der Waals surface area contributed by atoms with Crippen LogP contribution in [0.1, 0.15) is 11.3 Å². The number of nitriles is 1. The summed E-state index contributed by atoms with van der Waals surface area (Å²) in [7, 11) is 0. The first-order chi connectivity index (χ1) is 9.29. The van der Waals surface area contributed by atoms with E-state index in [9.17, 15) is 0 Å². The predicted octanol–water partition coefficient (Wildman–Crippen LogP) is 2.72. The minimum Gasteiger partial charge on any atom is -0.490 e. The highest BCUT2D eigenvalue weighted by molar-refractivity contribution is 5.38. The summed E-state index contributed by atoms with van der Waals surface area (Å²) in [5, 5.41) is 8.94. The summed E-state index contributed by atoms with van der Waals surface area (Å²) in [4.78, 5) is 4.19. The van der Waals surface area contributed by atoms with Crippen LogP contribution in [-0.2, 0) is 0 Å². The van der Waals surface area contributed by atoms with E-state index in [1.165, 1.54) is 0 Å².